The number of aromatic nitrogens is 3. The van der Waals surface area contributed by atoms with Crippen LogP contribution in [-0.4, -0.2) is 15.1 Å². The van der Waals surface area contributed by atoms with Gasteiger partial charge in [-0.05, 0) is 54.3 Å². The molecule has 0 unspecified atom stereocenters. The molecule has 27 heavy (non-hydrogen) atoms. The van der Waals surface area contributed by atoms with E-state index in [9.17, 15) is 0 Å². The molecule has 0 aliphatic carbocycles. The van der Waals surface area contributed by atoms with E-state index in [0.717, 1.165) is 23.0 Å². The minimum absolute atomic E-state index is 0. The zero-order valence-corrected chi connectivity index (χ0v) is 15.4. The second kappa shape index (κ2) is 7.85. The Bertz CT molecular complexity index is 1040. The highest BCUT2D eigenvalue weighted by molar-refractivity contribution is 5.59. The summed E-state index contributed by atoms with van der Waals surface area (Å²) in [6, 6.07) is 26.7. The van der Waals surface area contributed by atoms with Crippen LogP contribution in [0.2, 0.25) is 0 Å². The molecule has 1 aromatic heterocycles. The zero-order valence-electron chi connectivity index (χ0n) is 15.4. The number of anilines is 2. The van der Waals surface area contributed by atoms with Crippen LogP contribution in [0.5, 0.6) is 0 Å². The van der Waals surface area contributed by atoms with Crippen LogP contribution < -0.4 is 10.00 Å². The molecule has 0 radical (unpaired) electrons. The Hall–Kier alpha value is -3.44. The van der Waals surface area contributed by atoms with Crippen molar-refractivity contribution >= 4 is 11.6 Å². The number of nitrogens with one attached hydrogen (secondary N) is 1. The van der Waals surface area contributed by atoms with Gasteiger partial charge in [-0.25, -0.2) is 0 Å². The first-order valence-electron chi connectivity index (χ1n) is 8.68. The second-order valence-corrected chi connectivity index (χ2v) is 6.32. The fourth-order valence-electron chi connectivity index (χ4n) is 2.97. The van der Waals surface area contributed by atoms with Crippen molar-refractivity contribution in [3.8, 4) is 11.4 Å². The maximum Gasteiger partial charge on any atom is 0.341 e. The first kappa shape index (κ1) is 18.4. The van der Waals surface area contributed by atoms with Crippen molar-refractivity contribution in [2.45, 2.75) is 13.8 Å². The predicted octanol–water partition coefficient (Wildman–Crippen LogP) is 4.33. The van der Waals surface area contributed by atoms with Gasteiger partial charge in [0, 0.05) is 5.69 Å². The maximum atomic E-state index is 4.80. The standard InChI is InChI=1S/C22H21N4.H2O/c1-17-10-6-8-14-20(17)23-22-24-26(19-12-4-3-5-13-19)16-25(22)21-15-9-7-11-18(21)2;/h3-16H,1-2H3,(H,23,24);1H2/q+1;/p-1. The van der Waals surface area contributed by atoms with Gasteiger partial charge in [-0.1, -0.05) is 59.3 Å². The van der Waals surface area contributed by atoms with Gasteiger partial charge in [-0.15, -0.1) is 0 Å². The minimum atomic E-state index is 0. The van der Waals surface area contributed by atoms with E-state index >= 15 is 0 Å². The molecule has 5 nitrogen and oxygen atoms in total. The smallest absolute Gasteiger partial charge is 0.341 e. The Labute approximate surface area is 158 Å². The van der Waals surface area contributed by atoms with Crippen LogP contribution >= 0.6 is 0 Å². The number of benzene rings is 3. The molecule has 0 amide bonds. The van der Waals surface area contributed by atoms with Crippen LogP contribution in [0.25, 0.3) is 11.4 Å². The van der Waals surface area contributed by atoms with Gasteiger partial charge in [0.25, 0.3) is 6.33 Å². The molecule has 2 N–H and O–H groups in total. The summed E-state index contributed by atoms with van der Waals surface area (Å²) in [5.74, 6) is 0.775. The van der Waals surface area contributed by atoms with Gasteiger partial charge in [0.1, 0.15) is 5.69 Å². The van der Waals surface area contributed by atoms with Crippen molar-refractivity contribution < 1.29 is 10.2 Å². The van der Waals surface area contributed by atoms with E-state index in [4.69, 9.17) is 5.10 Å². The lowest BCUT2D eigenvalue weighted by atomic mass is 10.2. The van der Waals surface area contributed by atoms with Gasteiger partial charge in [0.05, 0.1) is 0 Å². The van der Waals surface area contributed by atoms with Crippen LogP contribution in [0.1, 0.15) is 11.1 Å². The minimum Gasteiger partial charge on any atom is -0.870 e. The molecule has 0 saturated heterocycles. The van der Waals surface area contributed by atoms with Gasteiger partial charge in [0.15, 0.2) is 5.69 Å². The molecule has 5 heteroatoms. The van der Waals surface area contributed by atoms with Crippen molar-refractivity contribution in [3.63, 3.8) is 0 Å². The number of hydrogen-bond donors (Lipinski definition) is 1. The van der Waals surface area contributed by atoms with Crippen molar-refractivity contribution in [3.05, 3.63) is 96.3 Å². The van der Waals surface area contributed by atoms with E-state index in [0.29, 0.717) is 0 Å². The molecule has 136 valence electrons. The lowest BCUT2D eigenvalue weighted by Crippen LogP contribution is -2.31. The molecular formula is C22H22N4O. The topological polar surface area (TPSA) is 63.7 Å². The number of nitrogens with zero attached hydrogens (tertiary/aromatic N) is 3. The van der Waals surface area contributed by atoms with E-state index < -0.39 is 0 Å². The molecule has 3 aromatic carbocycles. The third-order valence-electron chi connectivity index (χ3n) is 4.44. The highest BCUT2D eigenvalue weighted by Gasteiger charge is 2.20. The molecule has 0 fully saturated rings. The predicted molar refractivity (Wildman–Crippen MR) is 106 cm³/mol. The summed E-state index contributed by atoms with van der Waals surface area (Å²) in [6.45, 7) is 4.20. The number of para-hydroxylation sites is 3. The summed E-state index contributed by atoms with van der Waals surface area (Å²) < 4.78 is 3.99. The van der Waals surface area contributed by atoms with Crippen LogP contribution in [0.4, 0.5) is 11.6 Å². The quantitative estimate of drug-likeness (QED) is 0.552. The number of hydrogen-bond acceptors (Lipinski definition) is 3. The highest BCUT2D eigenvalue weighted by atomic mass is 16.0. The Morgan fingerprint density at radius 1 is 0.778 bits per heavy atom. The third-order valence-corrected chi connectivity index (χ3v) is 4.44. The van der Waals surface area contributed by atoms with Crippen LogP contribution in [0.15, 0.2) is 85.2 Å². The summed E-state index contributed by atoms with van der Waals surface area (Å²) in [6.07, 6.45) is 2.01. The SMILES string of the molecule is Cc1ccccc1Nc1n[n+](-c2ccccc2)cn1-c1ccccc1C.[OH-]. The summed E-state index contributed by atoms with van der Waals surface area (Å²) in [5, 5.41) is 8.29. The first-order chi connectivity index (χ1) is 12.7. The van der Waals surface area contributed by atoms with Crippen molar-refractivity contribution in [2.24, 2.45) is 0 Å². The van der Waals surface area contributed by atoms with Gasteiger partial charge in [-0.2, -0.15) is 4.57 Å². The summed E-state index contributed by atoms with van der Waals surface area (Å²) in [4.78, 5) is 0. The average Bonchev–Trinajstić information content (AvgIpc) is 3.08. The van der Waals surface area contributed by atoms with E-state index in [1.165, 1.54) is 11.1 Å². The van der Waals surface area contributed by atoms with E-state index in [2.05, 4.69) is 54.1 Å². The fraction of sp³-hybridized carbons (Fsp3) is 0.0909. The summed E-state index contributed by atoms with van der Waals surface area (Å²) in [7, 11) is 0. The van der Waals surface area contributed by atoms with Crippen LogP contribution in [0.3, 0.4) is 0 Å². The second-order valence-electron chi connectivity index (χ2n) is 6.32. The molecule has 0 spiro atoms. The van der Waals surface area contributed by atoms with Crippen molar-refractivity contribution in [1.29, 1.82) is 0 Å². The van der Waals surface area contributed by atoms with E-state index in [1.807, 2.05) is 59.5 Å². The average molecular weight is 358 g/mol. The third kappa shape index (κ3) is 3.73. The Morgan fingerprint density at radius 2 is 1.41 bits per heavy atom. The molecule has 0 atom stereocenters. The molecule has 4 rings (SSSR count). The normalized spacial score (nSPS) is 10.3. The first-order valence-corrected chi connectivity index (χ1v) is 8.68. The lowest BCUT2D eigenvalue weighted by Gasteiger charge is -2.07. The van der Waals surface area contributed by atoms with Crippen molar-refractivity contribution in [1.82, 2.24) is 9.67 Å². The fourth-order valence-corrected chi connectivity index (χ4v) is 2.97. The summed E-state index contributed by atoms with van der Waals surface area (Å²) in [5.41, 5.74) is 5.54. The molecular weight excluding hydrogens is 336 g/mol. The molecule has 0 aliphatic rings. The van der Waals surface area contributed by atoms with Gasteiger partial charge < -0.3 is 10.8 Å². The Kier molecular flexibility index (Phi) is 5.33. The molecule has 1 heterocycles. The van der Waals surface area contributed by atoms with E-state index in [1.54, 1.807) is 0 Å². The molecule has 0 aliphatic heterocycles. The molecule has 0 bridgehead atoms. The van der Waals surface area contributed by atoms with Crippen LogP contribution in [-0.2, 0) is 0 Å². The van der Waals surface area contributed by atoms with Gasteiger partial charge in [0.2, 0.25) is 0 Å². The summed E-state index contributed by atoms with van der Waals surface area (Å²) >= 11 is 0. The largest absolute Gasteiger partial charge is 0.870 e. The molecule has 0 saturated carbocycles. The van der Waals surface area contributed by atoms with Crippen LogP contribution in [0, 0.1) is 13.8 Å². The number of rotatable bonds is 4. The lowest BCUT2D eigenvalue weighted by molar-refractivity contribution is -0.656. The number of aryl methyl sites for hydroxylation is 2. The zero-order chi connectivity index (χ0) is 17.9. The Morgan fingerprint density at radius 3 is 2.11 bits per heavy atom. The van der Waals surface area contributed by atoms with Gasteiger partial charge >= 0.3 is 5.95 Å². The Balaban J connectivity index is 0.00000210. The maximum absolute atomic E-state index is 4.80. The highest BCUT2D eigenvalue weighted by Crippen LogP contribution is 2.22. The monoisotopic (exact) mass is 358 g/mol. The van der Waals surface area contributed by atoms with Gasteiger partial charge in [-0.3, -0.25) is 0 Å². The van der Waals surface area contributed by atoms with Crippen molar-refractivity contribution in [2.75, 3.05) is 5.32 Å². The molecule has 4 aromatic rings. The van der Waals surface area contributed by atoms with E-state index in [-0.39, 0.29) is 5.48 Å².